The van der Waals surface area contributed by atoms with Crippen molar-refractivity contribution in [3.8, 4) is 5.69 Å². The van der Waals surface area contributed by atoms with Gasteiger partial charge in [-0.2, -0.15) is 5.10 Å². The Balaban J connectivity index is 1.89. The summed E-state index contributed by atoms with van der Waals surface area (Å²) in [6.07, 6.45) is 1.79. The molecule has 130 valence electrons. The van der Waals surface area contributed by atoms with E-state index in [0.29, 0.717) is 16.9 Å². The van der Waals surface area contributed by atoms with Crippen molar-refractivity contribution in [2.75, 3.05) is 0 Å². The summed E-state index contributed by atoms with van der Waals surface area (Å²) in [4.78, 5) is 9.10. The lowest BCUT2D eigenvalue weighted by molar-refractivity contribution is 0.782. The number of fused-ring (bicyclic) bond motifs is 1. The molecule has 6 nitrogen and oxygen atoms in total. The maximum Gasteiger partial charge on any atom is 0.187 e. The fraction of sp³-hybridized carbons (Fsp3) is 0.158. The van der Waals surface area contributed by atoms with Crippen molar-refractivity contribution in [3.63, 3.8) is 0 Å². The Kier molecular flexibility index (Phi) is 4.30. The lowest BCUT2D eigenvalue weighted by Gasteiger charge is -2.15. The lowest BCUT2D eigenvalue weighted by atomic mass is 10.2. The number of thioether (sulfide) groups is 1. The third-order valence-corrected chi connectivity index (χ3v) is 5.19. The highest BCUT2D eigenvalue weighted by atomic mass is 32.2. The highest BCUT2D eigenvalue weighted by molar-refractivity contribution is 7.98. The van der Waals surface area contributed by atoms with Crippen LogP contribution in [0.3, 0.4) is 0 Å². The molecule has 0 unspecified atom stereocenters. The summed E-state index contributed by atoms with van der Waals surface area (Å²) >= 11 is 1.56. The number of aryl methyl sites for hydroxylation is 2. The van der Waals surface area contributed by atoms with Crippen LogP contribution in [-0.2, 0) is 5.75 Å². The van der Waals surface area contributed by atoms with E-state index >= 15 is 0 Å². The summed E-state index contributed by atoms with van der Waals surface area (Å²) in [7, 11) is 0. The second-order valence-electron chi connectivity index (χ2n) is 6.02. The minimum Gasteiger partial charge on any atom is -0.283 e. The van der Waals surface area contributed by atoms with E-state index in [1.807, 2.05) is 60.9 Å². The first-order valence-electron chi connectivity index (χ1n) is 8.26. The molecule has 26 heavy (non-hydrogen) atoms. The van der Waals surface area contributed by atoms with Crippen molar-refractivity contribution in [1.82, 2.24) is 24.7 Å². The SMILES string of the molecule is Cc1ccccc1-n1c(SCc2ccccn2)nc2n[nH]c(C)c2c1=N. The third kappa shape index (κ3) is 2.90. The van der Waals surface area contributed by atoms with Gasteiger partial charge in [0.05, 0.1) is 16.8 Å². The van der Waals surface area contributed by atoms with Crippen LogP contribution in [0.25, 0.3) is 16.7 Å². The number of aromatic amines is 1. The molecule has 7 heteroatoms. The summed E-state index contributed by atoms with van der Waals surface area (Å²) in [5.74, 6) is 0.675. The average molecular weight is 362 g/mol. The van der Waals surface area contributed by atoms with Crippen LogP contribution in [0, 0.1) is 19.3 Å². The Bertz CT molecular complexity index is 1130. The largest absolute Gasteiger partial charge is 0.283 e. The van der Waals surface area contributed by atoms with Crippen LogP contribution >= 0.6 is 11.8 Å². The van der Waals surface area contributed by atoms with Crippen LogP contribution < -0.4 is 5.49 Å². The number of para-hydroxylation sites is 1. The first-order valence-corrected chi connectivity index (χ1v) is 9.25. The van der Waals surface area contributed by atoms with E-state index in [-0.39, 0.29) is 0 Å². The maximum absolute atomic E-state index is 8.79. The van der Waals surface area contributed by atoms with Crippen LogP contribution in [0.2, 0.25) is 0 Å². The summed E-state index contributed by atoms with van der Waals surface area (Å²) in [6, 6.07) is 13.9. The Labute approximate surface area is 154 Å². The van der Waals surface area contributed by atoms with E-state index in [1.54, 1.807) is 18.0 Å². The number of hydrogen-bond donors (Lipinski definition) is 2. The Morgan fingerprint density at radius 2 is 1.92 bits per heavy atom. The van der Waals surface area contributed by atoms with Crippen molar-refractivity contribution in [1.29, 1.82) is 5.41 Å². The van der Waals surface area contributed by atoms with Crippen molar-refractivity contribution in [2.24, 2.45) is 0 Å². The summed E-state index contributed by atoms with van der Waals surface area (Å²) in [5.41, 5.74) is 4.82. The van der Waals surface area contributed by atoms with Gasteiger partial charge in [0, 0.05) is 17.6 Å². The van der Waals surface area contributed by atoms with Gasteiger partial charge >= 0.3 is 0 Å². The van der Waals surface area contributed by atoms with Gasteiger partial charge in [0.15, 0.2) is 10.8 Å². The molecule has 0 aliphatic rings. The molecule has 0 saturated carbocycles. The van der Waals surface area contributed by atoms with Gasteiger partial charge < -0.3 is 0 Å². The molecular weight excluding hydrogens is 344 g/mol. The van der Waals surface area contributed by atoms with E-state index in [0.717, 1.165) is 33.2 Å². The molecule has 3 aromatic heterocycles. The quantitative estimate of drug-likeness (QED) is 0.430. The van der Waals surface area contributed by atoms with Crippen LogP contribution in [0.1, 0.15) is 17.0 Å². The van der Waals surface area contributed by atoms with Gasteiger partial charge in [-0.05, 0) is 37.6 Å². The number of nitrogens with zero attached hydrogens (tertiary/aromatic N) is 4. The van der Waals surface area contributed by atoms with Crippen LogP contribution in [-0.4, -0.2) is 24.7 Å². The van der Waals surface area contributed by atoms with Gasteiger partial charge in [0.25, 0.3) is 0 Å². The van der Waals surface area contributed by atoms with E-state index < -0.39 is 0 Å². The molecule has 0 spiro atoms. The smallest absolute Gasteiger partial charge is 0.187 e. The second-order valence-corrected chi connectivity index (χ2v) is 6.96. The molecule has 4 aromatic rings. The normalized spacial score (nSPS) is 11.2. The minimum absolute atomic E-state index is 0.388. The van der Waals surface area contributed by atoms with Crippen LogP contribution in [0.5, 0.6) is 0 Å². The van der Waals surface area contributed by atoms with Crippen molar-refractivity contribution in [3.05, 3.63) is 71.1 Å². The van der Waals surface area contributed by atoms with Gasteiger partial charge in [0.2, 0.25) is 0 Å². The molecule has 0 fully saturated rings. The molecule has 0 saturated heterocycles. The van der Waals surface area contributed by atoms with Crippen molar-refractivity contribution in [2.45, 2.75) is 24.8 Å². The molecule has 0 amide bonds. The molecule has 2 N–H and O–H groups in total. The molecule has 0 aliphatic carbocycles. The Morgan fingerprint density at radius 3 is 2.69 bits per heavy atom. The predicted molar refractivity (Wildman–Crippen MR) is 102 cm³/mol. The van der Waals surface area contributed by atoms with Crippen molar-refractivity contribution >= 4 is 22.8 Å². The fourth-order valence-corrected chi connectivity index (χ4v) is 3.80. The molecule has 4 rings (SSSR count). The first-order chi connectivity index (χ1) is 12.6. The minimum atomic E-state index is 0.388. The zero-order valence-electron chi connectivity index (χ0n) is 14.5. The zero-order chi connectivity index (χ0) is 18.1. The summed E-state index contributed by atoms with van der Waals surface area (Å²) < 4.78 is 1.90. The summed E-state index contributed by atoms with van der Waals surface area (Å²) in [5, 5.41) is 17.5. The first kappa shape index (κ1) is 16.5. The number of pyridine rings is 1. The van der Waals surface area contributed by atoms with Gasteiger partial charge in [-0.1, -0.05) is 36.0 Å². The molecule has 0 atom stereocenters. The van der Waals surface area contributed by atoms with Crippen molar-refractivity contribution < 1.29 is 0 Å². The predicted octanol–water partition coefficient (Wildman–Crippen LogP) is 3.53. The number of rotatable bonds is 4. The molecule has 3 heterocycles. The topological polar surface area (TPSA) is 83.2 Å². The van der Waals surface area contributed by atoms with Crippen LogP contribution in [0.15, 0.2) is 53.8 Å². The molecule has 0 aliphatic heterocycles. The monoisotopic (exact) mass is 362 g/mol. The third-order valence-electron chi connectivity index (χ3n) is 4.21. The molecule has 0 bridgehead atoms. The van der Waals surface area contributed by atoms with E-state index in [1.165, 1.54) is 0 Å². The number of H-pyrrole nitrogens is 1. The number of hydrogen-bond acceptors (Lipinski definition) is 5. The highest BCUT2D eigenvalue weighted by Crippen LogP contribution is 2.25. The lowest BCUT2D eigenvalue weighted by Crippen LogP contribution is -2.22. The van der Waals surface area contributed by atoms with E-state index in [4.69, 9.17) is 10.4 Å². The fourth-order valence-electron chi connectivity index (χ4n) is 2.89. The maximum atomic E-state index is 8.79. The Hall–Kier alpha value is -2.93. The number of nitrogens with one attached hydrogen (secondary N) is 2. The van der Waals surface area contributed by atoms with Gasteiger partial charge in [-0.15, -0.1) is 0 Å². The van der Waals surface area contributed by atoms with Gasteiger partial charge in [-0.25, -0.2) is 4.98 Å². The average Bonchev–Trinajstić information content (AvgIpc) is 3.03. The van der Waals surface area contributed by atoms with E-state index in [9.17, 15) is 0 Å². The highest BCUT2D eigenvalue weighted by Gasteiger charge is 2.16. The number of benzene rings is 1. The molecular formula is C19H18N6S. The van der Waals surface area contributed by atoms with E-state index in [2.05, 4.69) is 15.2 Å². The molecule has 0 radical (unpaired) electrons. The van der Waals surface area contributed by atoms with Crippen LogP contribution in [0.4, 0.5) is 0 Å². The second kappa shape index (κ2) is 6.76. The zero-order valence-corrected chi connectivity index (χ0v) is 15.3. The Morgan fingerprint density at radius 1 is 1.12 bits per heavy atom. The standard InChI is InChI=1S/C19H18N6S/c1-12-7-3-4-9-15(12)25-17(20)16-13(2)23-24-18(16)22-19(25)26-11-14-8-5-6-10-21-14/h3-10,20H,11H2,1-2H3,(H,23,24). The molecule has 1 aromatic carbocycles. The summed E-state index contributed by atoms with van der Waals surface area (Å²) in [6.45, 7) is 3.96. The van der Waals surface area contributed by atoms with Gasteiger partial charge in [0.1, 0.15) is 5.49 Å². The van der Waals surface area contributed by atoms with Gasteiger partial charge in [-0.3, -0.25) is 20.1 Å². The number of aromatic nitrogens is 5.